The van der Waals surface area contributed by atoms with Gasteiger partial charge < -0.3 is 4.90 Å². The predicted octanol–water partition coefficient (Wildman–Crippen LogP) is 1.35. The highest BCUT2D eigenvalue weighted by atomic mass is 32.2. The molecule has 0 aromatic heterocycles. The van der Waals surface area contributed by atoms with E-state index in [4.69, 9.17) is 0 Å². The molecule has 1 saturated heterocycles. The molecule has 1 amide bonds. The largest absolute Gasteiger partial charge is 0.340 e. The summed E-state index contributed by atoms with van der Waals surface area (Å²) in [6, 6.07) is 0.311. The van der Waals surface area contributed by atoms with Crippen molar-refractivity contribution in [2.45, 2.75) is 52.5 Å². The number of rotatable bonds is 5. The normalized spacial score (nSPS) is 20.8. The topological polar surface area (TPSA) is 66.5 Å². The molecule has 0 unspecified atom stereocenters. The highest BCUT2D eigenvalue weighted by Crippen LogP contribution is 2.30. The molecule has 112 valence electrons. The molecule has 0 aromatic carbocycles. The van der Waals surface area contributed by atoms with Crippen LogP contribution in [0.2, 0.25) is 0 Å². The molecule has 1 N–H and O–H groups in total. The minimum Gasteiger partial charge on any atom is -0.340 e. The minimum absolute atomic E-state index is 0.0582. The van der Waals surface area contributed by atoms with Crippen LogP contribution < -0.4 is 4.72 Å². The van der Waals surface area contributed by atoms with E-state index in [1.54, 1.807) is 0 Å². The van der Waals surface area contributed by atoms with Gasteiger partial charge in [-0.05, 0) is 24.7 Å². The third-order valence-electron chi connectivity index (χ3n) is 3.25. The standard InChI is InChI=1S/C13H26N2O3S/c1-13(2,3)10-11-6-5-9-15(11)12(16)7-8-14-19(4,17)18/h11,14H,5-10H2,1-4H3/t11-/m1/s1. The maximum absolute atomic E-state index is 12.1. The maximum atomic E-state index is 12.1. The third-order valence-corrected chi connectivity index (χ3v) is 3.98. The van der Waals surface area contributed by atoms with Crippen LogP contribution in [0.25, 0.3) is 0 Å². The molecule has 6 heteroatoms. The Morgan fingerprint density at radius 2 is 2.00 bits per heavy atom. The predicted molar refractivity (Wildman–Crippen MR) is 76.3 cm³/mol. The van der Waals surface area contributed by atoms with Gasteiger partial charge in [-0.3, -0.25) is 4.79 Å². The summed E-state index contributed by atoms with van der Waals surface area (Å²) in [4.78, 5) is 14.0. The fourth-order valence-corrected chi connectivity index (χ4v) is 3.04. The SMILES string of the molecule is CC(C)(C)C[C@H]1CCCN1C(=O)CCNS(C)(=O)=O. The first-order valence-electron chi connectivity index (χ1n) is 6.83. The van der Waals surface area contributed by atoms with Crippen LogP contribution in [0.3, 0.4) is 0 Å². The first-order chi connectivity index (χ1) is 8.58. The van der Waals surface area contributed by atoms with E-state index in [0.717, 1.165) is 32.1 Å². The molecule has 0 aliphatic carbocycles. The van der Waals surface area contributed by atoms with Gasteiger partial charge in [0.2, 0.25) is 15.9 Å². The zero-order valence-electron chi connectivity index (χ0n) is 12.4. The monoisotopic (exact) mass is 290 g/mol. The van der Waals surface area contributed by atoms with Crippen molar-refractivity contribution < 1.29 is 13.2 Å². The lowest BCUT2D eigenvalue weighted by molar-refractivity contribution is -0.132. The van der Waals surface area contributed by atoms with Crippen LogP contribution in [-0.4, -0.2) is 44.6 Å². The number of likely N-dealkylation sites (tertiary alicyclic amines) is 1. The zero-order chi connectivity index (χ0) is 14.7. The molecule has 1 aliphatic heterocycles. The minimum atomic E-state index is -3.21. The van der Waals surface area contributed by atoms with Gasteiger partial charge in [-0.1, -0.05) is 20.8 Å². The third kappa shape index (κ3) is 6.38. The van der Waals surface area contributed by atoms with Gasteiger partial charge in [-0.2, -0.15) is 0 Å². The zero-order valence-corrected chi connectivity index (χ0v) is 13.2. The van der Waals surface area contributed by atoms with Crippen LogP contribution in [0.5, 0.6) is 0 Å². The van der Waals surface area contributed by atoms with Crippen LogP contribution in [0.4, 0.5) is 0 Å². The summed E-state index contributed by atoms with van der Waals surface area (Å²) < 4.78 is 24.3. The number of nitrogens with zero attached hydrogens (tertiary/aromatic N) is 1. The van der Waals surface area contributed by atoms with Gasteiger partial charge in [0.1, 0.15) is 0 Å². The first kappa shape index (κ1) is 16.4. The molecular formula is C13H26N2O3S. The molecule has 1 rings (SSSR count). The van der Waals surface area contributed by atoms with E-state index in [2.05, 4.69) is 25.5 Å². The Bertz CT molecular complexity index is 412. The average molecular weight is 290 g/mol. The van der Waals surface area contributed by atoms with Gasteiger partial charge in [-0.25, -0.2) is 13.1 Å². The molecule has 5 nitrogen and oxygen atoms in total. The lowest BCUT2D eigenvalue weighted by atomic mass is 9.87. The van der Waals surface area contributed by atoms with Crippen molar-refractivity contribution in [3.63, 3.8) is 0 Å². The lowest BCUT2D eigenvalue weighted by Crippen LogP contribution is -2.39. The van der Waals surface area contributed by atoms with E-state index in [9.17, 15) is 13.2 Å². The van der Waals surface area contributed by atoms with E-state index >= 15 is 0 Å². The van der Waals surface area contributed by atoms with Crippen LogP contribution in [0.1, 0.15) is 46.5 Å². The van der Waals surface area contributed by atoms with Crippen molar-refractivity contribution in [3.05, 3.63) is 0 Å². The number of nitrogens with one attached hydrogen (secondary N) is 1. The summed E-state index contributed by atoms with van der Waals surface area (Å²) in [7, 11) is -3.21. The van der Waals surface area contributed by atoms with Gasteiger partial charge in [0, 0.05) is 25.6 Å². The highest BCUT2D eigenvalue weighted by Gasteiger charge is 2.31. The van der Waals surface area contributed by atoms with Gasteiger partial charge in [0.15, 0.2) is 0 Å². The second kappa shape index (κ2) is 6.22. The van der Waals surface area contributed by atoms with Crippen molar-refractivity contribution in [2.24, 2.45) is 5.41 Å². The Morgan fingerprint density at radius 1 is 1.37 bits per heavy atom. The summed E-state index contributed by atoms with van der Waals surface area (Å²) in [5, 5.41) is 0. The van der Waals surface area contributed by atoms with Crippen LogP contribution >= 0.6 is 0 Å². The number of hydrogen-bond acceptors (Lipinski definition) is 3. The quantitative estimate of drug-likeness (QED) is 0.831. The van der Waals surface area contributed by atoms with E-state index in [1.807, 2.05) is 4.90 Å². The van der Waals surface area contributed by atoms with Gasteiger partial charge in [0.25, 0.3) is 0 Å². The summed E-state index contributed by atoms with van der Waals surface area (Å²) in [5.41, 5.74) is 0.207. The Balaban J connectivity index is 2.47. The molecule has 0 radical (unpaired) electrons. The fraction of sp³-hybridized carbons (Fsp3) is 0.923. The second-order valence-corrected chi connectivity index (χ2v) is 8.40. The molecule has 1 aliphatic rings. The Hall–Kier alpha value is -0.620. The van der Waals surface area contributed by atoms with E-state index in [1.165, 1.54) is 0 Å². The highest BCUT2D eigenvalue weighted by molar-refractivity contribution is 7.88. The number of carbonyl (C=O) groups is 1. The molecule has 19 heavy (non-hydrogen) atoms. The van der Waals surface area contributed by atoms with Gasteiger partial charge >= 0.3 is 0 Å². The molecular weight excluding hydrogens is 264 g/mol. The lowest BCUT2D eigenvalue weighted by Gasteiger charge is -2.30. The van der Waals surface area contributed by atoms with Crippen molar-refractivity contribution in [1.82, 2.24) is 9.62 Å². The molecule has 0 saturated carbocycles. The Kier molecular flexibility index (Phi) is 5.38. The van der Waals surface area contributed by atoms with Crippen molar-refractivity contribution in [1.29, 1.82) is 0 Å². The van der Waals surface area contributed by atoms with Gasteiger partial charge in [0.05, 0.1) is 6.26 Å². The van der Waals surface area contributed by atoms with Crippen LogP contribution in [-0.2, 0) is 14.8 Å². The number of carbonyl (C=O) groups excluding carboxylic acids is 1. The average Bonchev–Trinajstić information content (AvgIpc) is 2.60. The second-order valence-electron chi connectivity index (χ2n) is 6.56. The number of sulfonamides is 1. The summed E-state index contributed by atoms with van der Waals surface area (Å²) in [6.45, 7) is 7.53. The maximum Gasteiger partial charge on any atom is 0.224 e. The van der Waals surface area contributed by atoms with E-state index in [0.29, 0.717) is 6.04 Å². The Morgan fingerprint density at radius 3 is 2.53 bits per heavy atom. The molecule has 0 aromatic rings. The summed E-state index contributed by atoms with van der Waals surface area (Å²) >= 11 is 0. The number of amides is 1. The van der Waals surface area contributed by atoms with Gasteiger partial charge in [-0.15, -0.1) is 0 Å². The fourth-order valence-electron chi connectivity index (χ4n) is 2.57. The first-order valence-corrected chi connectivity index (χ1v) is 8.72. The molecule has 0 spiro atoms. The van der Waals surface area contributed by atoms with Crippen LogP contribution in [0, 0.1) is 5.41 Å². The van der Waals surface area contributed by atoms with Crippen molar-refractivity contribution in [3.8, 4) is 0 Å². The summed E-state index contributed by atoms with van der Waals surface area (Å²) in [5.74, 6) is 0.0582. The summed E-state index contributed by atoms with van der Waals surface area (Å²) in [6.07, 6.45) is 4.45. The van der Waals surface area contributed by atoms with Crippen LogP contribution in [0.15, 0.2) is 0 Å². The van der Waals surface area contributed by atoms with Crippen molar-refractivity contribution >= 4 is 15.9 Å². The molecule has 0 bridgehead atoms. The van der Waals surface area contributed by atoms with E-state index in [-0.39, 0.29) is 24.3 Å². The molecule has 1 heterocycles. The Labute approximate surface area is 116 Å². The number of hydrogen-bond donors (Lipinski definition) is 1. The van der Waals surface area contributed by atoms with Crippen molar-refractivity contribution in [2.75, 3.05) is 19.3 Å². The smallest absolute Gasteiger partial charge is 0.224 e. The molecule has 1 fully saturated rings. The molecule has 1 atom stereocenters. The van der Waals surface area contributed by atoms with E-state index < -0.39 is 10.0 Å².